The molecule has 0 unspecified atom stereocenters. The van der Waals surface area contributed by atoms with Crippen LogP contribution in [0.3, 0.4) is 0 Å². The number of ether oxygens (including phenoxy) is 2. The Kier molecular flexibility index (Phi) is 6.03. The minimum Gasteiger partial charge on any atom is -0.504 e. The van der Waals surface area contributed by atoms with Crippen LogP contribution in [0.4, 0.5) is 5.69 Å². The lowest BCUT2D eigenvalue weighted by Crippen LogP contribution is -2.19. The summed E-state index contributed by atoms with van der Waals surface area (Å²) in [4.78, 5) is 17.3. The summed E-state index contributed by atoms with van der Waals surface area (Å²) >= 11 is 1.25. The van der Waals surface area contributed by atoms with E-state index >= 15 is 0 Å². The number of aliphatic imine (C=N–C) groups is 1. The van der Waals surface area contributed by atoms with Crippen molar-refractivity contribution < 1.29 is 19.4 Å². The number of nitrogens with one attached hydrogen (secondary N) is 1. The maximum atomic E-state index is 12.3. The Morgan fingerprint density at radius 3 is 2.63 bits per heavy atom. The van der Waals surface area contributed by atoms with Crippen molar-refractivity contribution in [2.45, 2.75) is 13.8 Å². The summed E-state index contributed by atoms with van der Waals surface area (Å²) < 4.78 is 10.9. The van der Waals surface area contributed by atoms with E-state index in [2.05, 4.69) is 10.3 Å². The lowest BCUT2D eigenvalue weighted by molar-refractivity contribution is -0.115. The minimum absolute atomic E-state index is 0.0670. The molecule has 0 spiro atoms. The molecule has 1 aliphatic heterocycles. The van der Waals surface area contributed by atoms with Gasteiger partial charge in [-0.2, -0.15) is 0 Å². The normalized spacial score (nSPS) is 16.6. The molecule has 0 aliphatic carbocycles. The number of amidine groups is 1. The number of hydrogen-bond acceptors (Lipinski definition) is 6. The summed E-state index contributed by atoms with van der Waals surface area (Å²) in [6.07, 6.45) is 1.74. The molecule has 1 heterocycles. The lowest BCUT2D eigenvalue weighted by atomic mass is 10.2. The minimum atomic E-state index is -0.223. The number of phenols is 1. The van der Waals surface area contributed by atoms with Gasteiger partial charge in [-0.25, -0.2) is 4.99 Å². The molecule has 2 N–H and O–H groups in total. The van der Waals surface area contributed by atoms with E-state index in [0.29, 0.717) is 40.5 Å². The van der Waals surface area contributed by atoms with Gasteiger partial charge in [-0.15, -0.1) is 0 Å². The van der Waals surface area contributed by atoms with E-state index in [9.17, 15) is 9.90 Å². The molecule has 1 aliphatic rings. The van der Waals surface area contributed by atoms with E-state index in [1.54, 1.807) is 24.3 Å². The Balaban J connectivity index is 1.84. The van der Waals surface area contributed by atoms with Crippen LogP contribution >= 0.6 is 11.8 Å². The number of hydrogen-bond donors (Lipinski definition) is 2. The SMILES string of the molecule is CCOc1cc(C=C2SC(=Nc3ccccc3OCC)NC2=O)ccc1O. The highest BCUT2D eigenvalue weighted by molar-refractivity contribution is 8.18. The molecule has 7 heteroatoms. The molecule has 0 aromatic heterocycles. The maximum absolute atomic E-state index is 12.3. The standard InChI is InChI=1S/C20H20N2O4S/c1-3-25-16-8-6-5-7-14(16)21-20-22-19(24)18(27-20)12-13-9-10-15(23)17(11-13)26-4-2/h5-12,23H,3-4H2,1-2H3,(H,21,22,24). The zero-order valence-electron chi connectivity index (χ0n) is 15.1. The molecule has 0 atom stereocenters. The topological polar surface area (TPSA) is 80.2 Å². The van der Waals surface area contributed by atoms with Gasteiger partial charge in [0.25, 0.3) is 5.91 Å². The zero-order valence-corrected chi connectivity index (χ0v) is 15.9. The van der Waals surface area contributed by atoms with Gasteiger partial charge in [-0.05, 0) is 61.5 Å². The number of phenolic OH excluding ortho intramolecular Hbond substituents is 1. The number of nitrogens with zero attached hydrogens (tertiary/aromatic N) is 1. The van der Waals surface area contributed by atoms with E-state index in [1.807, 2.05) is 38.1 Å². The number of thioether (sulfide) groups is 1. The van der Waals surface area contributed by atoms with Gasteiger partial charge in [0, 0.05) is 0 Å². The number of rotatable bonds is 6. The smallest absolute Gasteiger partial charge is 0.264 e. The van der Waals surface area contributed by atoms with Crippen LogP contribution < -0.4 is 14.8 Å². The number of aromatic hydroxyl groups is 1. The molecule has 2 aromatic rings. The molecule has 2 aromatic carbocycles. The average molecular weight is 384 g/mol. The molecule has 6 nitrogen and oxygen atoms in total. The van der Waals surface area contributed by atoms with E-state index in [0.717, 1.165) is 5.56 Å². The Hall–Kier alpha value is -2.93. The average Bonchev–Trinajstić information content (AvgIpc) is 2.99. The number of para-hydroxylation sites is 2. The highest BCUT2D eigenvalue weighted by atomic mass is 32.2. The number of carbonyl (C=O) groups is 1. The second-order valence-electron chi connectivity index (χ2n) is 5.54. The molecule has 1 saturated heterocycles. The first kappa shape index (κ1) is 18.8. The van der Waals surface area contributed by atoms with Crippen LogP contribution in [0, 0.1) is 0 Å². The molecule has 140 valence electrons. The number of benzene rings is 2. The zero-order chi connectivity index (χ0) is 19.2. The van der Waals surface area contributed by atoms with Gasteiger partial charge in [0.15, 0.2) is 16.7 Å². The van der Waals surface area contributed by atoms with E-state index < -0.39 is 0 Å². The summed E-state index contributed by atoms with van der Waals surface area (Å²) in [5.74, 6) is 0.894. The fourth-order valence-corrected chi connectivity index (χ4v) is 3.29. The molecule has 3 rings (SSSR count). The summed E-state index contributed by atoms with van der Waals surface area (Å²) in [6, 6.07) is 12.4. The first-order chi connectivity index (χ1) is 13.1. The van der Waals surface area contributed by atoms with Crippen molar-refractivity contribution in [1.29, 1.82) is 0 Å². The molecule has 0 saturated carbocycles. The predicted molar refractivity (Wildman–Crippen MR) is 108 cm³/mol. The van der Waals surface area contributed by atoms with Gasteiger partial charge < -0.3 is 19.9 Å². The van der Waals surface area contributed by atoms with Crippen molar-refractivity contribution in [2.75, 3.05) is 13.2 Å². The van der Waals surface area contributed by atoms with E-state index in [-0.39, 0.29) is 11.7 Å². The highest BCUT2D eigenvalue weighted by Crippen LogP contribution is 2.33. The number of amides is 1. The molecule has 0 radical (unpaired) electrons. The molecular weight excluding hydrogens is 364 g/mol. The maximum Gasteiger partial charge on any atom is 0.264 e. The Morgan fingerprint density at radius 2 is 1.85 bits per heavy atom. The molecular formula is C20H20N2O4S. The molecule has 0 bridgehead atoms. The van der Waals surface area contributed by atoms with Gasteiger partial charge in [-0.1, -0.05) is 18.2 Å². The van der Waals surface area contributed by atoms with Crippen molar-refractivity contribution in [3.63, 3.8) is 0 Å². The van der Waals surface area contributed by atoms with Gasteiger partial charge in [0.05, 0.1) is 18.1 Å². The quantitative estimate of drug-likeness (QED) is 0.734. The van der Waals surface area contributed by atoms with Gasteiger partial charge >= 0.3 is 0 Å². The Bertz CT molecular complexity index is 909. The summed E-state index contributed by atoms with van der Waals surface area (Å²) in [5, 5.41) is 13.0. The molecule has 1 fully saturated rings. The summed E-state index contributed by atoms with van der Waals surface area (Å²) in [7, 11) is 0. The number of carbonyl (C=O) groups excluding carboxylic acids is 1. The highest BCUT2D eigenvalue weighted by Gasteiger charge is 2.24. The largest absolute Gasteiger partial charge is 0.504 e. The van der Waals surface area contributed by atoms with Crippen molar-refractivity contribution in [3.05, 3.63) is 52.9 Å². The van der Waals surface area contributed by atoms with Gasteiger partial charge in [-0.3, -0.25) is 4.79 Å². The van der Waals surface area contributed by atoms with E-state index in [4.69, 9.17) is 9.47 Å². The van der Waals surface area contributed by atoms with Crippen LogP contribution in [0.5, 0.6) is 17.2 Å². The van der Waals surface area contributed by atoms with Crippen molar-refractivity contribution >= 4 is 34.6 Å². The van der Waals surface area contributed by atoms with Crippen LogP contribution in [0.2, 0.25) is 0 Å². The van der Waals surface area contributed by atoms with Crippen LogP contribution in [0.1, 0.15) is 19.4 Å². The first-order valence-corrected chi connectivity index (χ1v) is 9.39. The van der Waals surface area contributed by atoms with E-state index in [1.165, 1.54) is 11.8 Å². The third-order valence-electron chi connectivity index (χ3n) is 3.62. The summed E-state index contributed by atoms with van der Waals surface area (Å²) in [6.45, 7) is 4.73. The van der Waals surface area contributed by atoms with Gasteiger partial charge in [0.1, 0.15) is 11.4 Å². The van der Waals surface area contributed by atoms with Crippen LogP contribution in [-0.2, 0) is 4.79 Å². The third kappa shape index (κ3) is 4.62. The second-order valence-corrected chi connectivity index (χ2v) is 6.57. The molecule has 1 amide bonds. The van der Waals surface area contributed by atoms with Crippen LogP contribution in [0.15, 0.2) is 52.4 Å². The predicted octanol–water partition coefficient (Wildman–Crippen LogP) is 4.08. The molecule has 27 heavy (non-hydrogen) atoms. The van der Waals surface area contributed by atoms with Crippen molar-refractivity contribution in [3.8, 4) is 17.2 Å². The lowest BCUT2D eigenvalue weighted by Gasteiger charge is -2.06. The Morgan fingerprint density at radius 1 is 1.11 bits per heavy atom. The van der Waals surface area contributed by atoms with Crippen LogP contribution in [0.25, 0.3) is 6.08 Å². The fourth-order valence-electron chi connectivity index (χ4n) is 2.46. The van der Waals surface area contributed by atoms with Crippen molar-refractivity contribution in [1.82, 2.24) is 5.32 Å². The second kappa shape index (κ2) is 8.64. The van der Waals surface area contributed by atoms with Gasteiger partial charge in [0.2, 0.25) is 0 Å². The van der Waals surface area contributed by atoms with Crippen LogP contribution in [-0.4, -0.2) is 29.4 Å². The van der Waals surface area contributed by atoms with Crippen molar-refractivity contribution in [2.24, 2.45) is 4.99 Å². The summed E-state index contributed by atoms with van der Waals surface area (Å²) in [5.41, 5.74) is 1.41. The third-order valence-corrected chi connectivity index (χ3v) is 4.53. The Labute approximate surface area is 161 Å². The first-order valence-electron chi connectivity index (χ1n) is 8.58. The monoisotopic (exact) mass is 384 g/mol. The fraction of sp³-hybridized carbons (Fsp3) is 0.200.